The van der Waals surface area contributed by atoms with Gasteiger partial charge in [-0.05, 0) is 28.6 Å². The Morgan fingerprint density at radius 2 is 2.32 bits per heavy atom. The normalized spacial score (nSPS) is 10.5. The molecule has 100 valence electrons. The van der Waals surface area contributed by atoms with Crippen LogP contribution in [-0.4, -0.2) is 38.9 Å². The molecule has 1 aromatic carbocycles. The molecule has 0 aliphatic rings. The number of aryl methyl sites for hydroxylation is 1. The topological polar surface area (TPSA) is 69.9 Å². The Labute approximate surface area is 119 Å². The summed E-state index contributed by atoms with van der Waals surface area (Å²) in [5, 5.41) is 12.0. The number of halogens is 1. The highest BCUT2D eigenvalue weighted by atomic mass is 35.5. The fraction of sp³-hybridized carbons (Fsp3) is 0.273. The Morgan fingerprint density at radius 1 is 1.53 bits per heavy atom. The van der Waals surface area contributed by atoms with Crippen LogP contribution in [0.1, 0.15) is 10.4 Å². The summed E-state index contributed by atoms with van der Waals surface area (Å²) < 4.78 is 6.55. The van der Waals surface area contributed by atoms with E-state index in [2.05, 4.69) is 15.5 Å². The summed E-state index contributed by atoms with van der Waals surface area (Å²) in [5.74, 6) is 0.748. The quantitative estimate of drug-likeness (QED) is 0.620. The number of Topliss-reactive ketones (excluding diaryl/α,β-unsaturated/α-hetero) is 1. The molecule has 0 saturated heterocycles. The fourth-order valence-corrected chi connectivity index (χ4v) is 2.40. The van der Waals surface area contributed by atoms with Gasteiger partial charge in [-0.1, -0.05) is 23.4 Å². The molecule has 8 heteroatoms. The number of tetrazole rings is 1. The van der Waals surface area contributed by atoms with Crippen molar-refractivity contribution in [3.63, 3.8) is 0 Å². The summed E-state index contributed by atoms with van der Waals surface area (Å²) in [6.45, 7) is 0. The van der Waals surface area contributed by atoms with Gasteiger partial charge in [-0.3, -0.25) is 4.79 Å². The monoisotopic (exact) mass is 298 g/mol. The lowest BCUT2D eigenvalue weighted by Crippen LogP contribution is -2.04. The Kier molecular flexibility index (Phi) is 4.39. The molecule has 0 unspecified atom stereocenters. The van der Waals surface area contributed by atoms with Crippen molar-refractivity contribution < 1.29 is 9.53 Å². The summed E-state index contributed by atoms with van der Waals surface area (Å²) in [4.78, 5) is 12.0. The Balaban J connectivity index is 2.04. The van der Waals surface area contributed by atoms with E-state index in [1.54, 1.807) is 25.2 Å². The van der Waals surface area contributed by atoms with Gasteiger partial charge in [0.1, 0.15) is 5.75 Å². The lowest BCUT2D eigenvalue weighted by Gasteiger charge is -2.05. The first-order chi connectivity index (χ1) is 9.11. The zero-order chi connectivity index (χ0) is 13.8. The maximum atomic E-state index is 12.0. The second-order valence-electron chi connectivity index (χ2n) is 3.65. The molecule has 0 N–H and O–H groups in total. The van der Waals surface area contributed by atoms with Crippen molar-refractivity contribution in [3.05, 3.63) is 28.8 Å². The first-order valence-corrected chi connectivity index (χ1v) is 6.70. The standard InChI is InChI=1S/C11H11ClN4O2S/c1-16-11(13-14-15-16)19-6-9(17)7-3-4-10(18-2)8(12)5-7/h3-5H,6H2,1-2H3. The van der Waals surface area contributed by atoms with Crippen molar-refractivity contribution >= 4 is 29.1 Å². The number of hydrogen-bond acceptors (Lipinski definition) is 6. The zero-order valence-electron chi connectivity index (χ0n) is 10.3. The predicted molar refractivity (Wildman–Crippen MR) is 71.9 cm³/mol. The molecule has 0 bridgehead atoms. The fourth-order valence-electron chi connectivity index (χ4n) is 1.40. The molecule has 0 aliphatic heterocycles. The van der Waals surface area contributed by atoms with Gasteiger partial charge >= 0.3 is 0 Å². The number of methoxy groups -OCH3 is 1. The van der Waals surface area contributed by atoms with Crippen molar-refractivity contribution in [1.29, 1.82) is 0 Å². The number of rotatable bonds is 5. The van der Waals surface area contributed by atoms with Crippen molar-refractivity contribution in [1.82, 2.24) is 20.2 Å². The van der Waals surface area contributed by atoms with E-state index in [9.17, 15) is 4.79 Å². The largest absolute Gasteiger partial charge is 0.495 e. The number of ketones is 1. The second-order valence-corrected chi connectivity index (χ2v) is 5.00. The maximum Gasteiger partial charge on any atom is 0.209 e. The van der Waals surface area contributed by atoms with E-state index in [1.807, 2.05) is 0 Å². The van der Waals surface area contributed by atoms with Gasteiger partial charge in [0.2, 0.25) is 5.16 Å². The highest BCUT2D eigenvalue weighted by molar-refractivity contribution is 7.99. The molecule has 0 fully saturated rings. The van der Waals surface area contributed by atoms with Gasteiger partial charge in [-0.15, -0.1) is 5.10 Å². The Hall–Kier alpha value is -1.60. The van der Waals surface area contributed by atoms with E-state index in [0.717, 1.165) is 0 Å². The summed E-state index contributed by atoms with van der Waals surface area (Å²) in [5.41, 5.74) is 0.536. The molecule has 1 aromatic heterocycles. The number of benzene rings is 1. The Morgan fingerprint density at radius 3 is 2.89 bits per heavy atom. The van der Waals surface area contributed by atoms with Crippen molar-refractivity contribution in [2.45, 2.75) is 5.16 Å². The lowest BCUT2D eigenvalue weighted by molar-refractivity contribution is 0.102. The minimum absolute atomic E-state index is 0.0439. The van der Waals surface area contributed by atoms with Crippen LogP contribution in [0.3, 0.4) is 0 Å². The minimum Gasteiger partial charge on any atom is -0.495 e. The van der Waals surface area contributed by atoms with Gasteiger partial charge in [0.05, 0.1) is 17.9 Å². The number of hydrogen-bond donors (Lipinski definition) is 0. The van der Waals surface area contributed by atoms with Crippen LogP contribution in [0.15, 0.2) is 23.4 Å². The molecule has 0 aliphatic carbocycles. The van der Waals surface area contributed by atoms with Crippen LogP contribution in [0.4, 0.5) is 0 Å². The van der Waals surface area contributed by atoms with Gasteiger partial charge in [-0.2, -0.15) is 0 Å². The highest BCUT2D eigenvalue weighted by Gasteiger charge is 2.12. The third-order valence-corrected chi connectivity index (χ3v) is 3.69. The predicted octanol–water partition coefficient (Wildman–Crippen LogP) is 1.85. The van der Waals surface area contributed by atoms with Gasteiger partial charge in [0.15, 0.2) is 5.78 Å². The van der Waals surface area contributed by atoms with E-state index in [4.69, 9.17) is 16.3 Å². The number of aromatic nitrogens is 4. The molecular weight excluding hydrogens is 288 g/mol. The van der Waals surface area contributed by atoms with Crippen LogP contribution in [0, 0.1) is 0 Å². The minimum atomic E-state index is -0.0439. The van der Waals surface area contributed by atoms with Crippen LogP contribution < -0.4 is 4.74 Å². The first-order valence-electron chi connectivity index (χ1n) is 5.33. The van der Waals surface area contributed by atoms with Crippen molar-refractivity contribution in [2.75, 3.05) is 12.9 Å². The molecule has 2 aromatic rings. The van der Waals surface area contributed by atoms with Gasteiger partial charge in [0.25, 0.3) is 0 Å². The smallest absolute Gasteiger partial charge is 0.209 e. The van der Waals surface area contributed by atoms with Crippen LogP contribution >= 0.6 is 23.4 Å². The second kappa shape index (κ2) is 6.03. The van der Waals surface area contributed by atoms with Crippen LogP contribution in [0.2, 0.25) is 5.02 Å². The molecule has 2 rings (SSSR count). The number of nitrogens with zero attached hydrogens (tertiary/aromatic N) is 4. The van der Waals surface area contributed by atoms with Crippen LogP contribution in [0.25, 0.3) is 0 Å². The van der Waals surface area contributed by atoms with E-state index in [-0.39, 0.29) is 11.5 Å². The molecule has 19 heavy (non-hydrogen) atoms. The third-order valence-electron chi connectivity index (χ3n) is 2.39. The van der Waals surface area contributed by atoms with E-state index in [0.29, 0.717) is 21.5 Å². The molecular formula is C11H11ClN4O2S. The lowest BCUT2D eigenvalue weighted by atomic mass is 10.1. The molecule has 1 heterocycles. The first kappa shape index (κ1) is 13.8. The van der Waals surface area contributed by atoms with Crippen molar-refractivity contribution in [2.24, 2.45) is 7.05 Å². The van der Waals surface area contributed by atoms with Gasteiger partial charge in [0, 0.05) is 12.6 Å². The molecule has 0 amide bonds. The molecule has 6 nitrogen and oxygen atoms in total. The average molecular weight is 299 g/mol. The average Bonchev–Trinajstić information content (AvgIpc) is 2.81. The summed E-state index contributed by atoms with van der Waals surface area (Å²) >= 11 is 7.25. The van der Waals surface area contributed by atoms with Crippen LogP contribution in [-0.2, 0) is 7.05 Å². The number of ether oxygens (including phenoxy) is 1. The SMILES string of the molecule is COc1ccc(C(=O)CSc2nnnn2C)cc1Cl. The van der Waals surface area contributed by atoms with Gasteiger partial charge in [-0.25, -0.2) is 4.68 Å². The van der Waals surface area contributed by atoms with E-state index in [1.165, 1.54) is 23.6 Å². The van der Waals surface area contributed by atoms with Gasteiger partial charge < -0.3 is 4.74 Å². The Bertz CT molecular complexity index is 602. The summed E-state index contributed by atoms with van der Waals surface area (Å²) in [7, 11) is 3.25. The maximum absolute atomic E-state index is 12.0. The van der Waals surface area contributed by atoms with Crippen molar-refractivity contribution in [3.8, 4) is 5.75 Å². The molecule has 0 spiro atoms. The highest BCUT2D eigenvalue weighted by Crippen LogP contribution is 2.26. The van der Waals surface area contributed by atoms with Crippen LogP contribution in [0.5, 0.6) is 5.75 Å². The summed E-state index contributed by atoms with van der Waals surface area (Å²) in [6, 6.07) is 4.95. The summed E-state index contributed by atoms with van der Waals surface area (Å²) in [6.07, 6.45) is 0. The van der Waals surface area contributed by atoms with E-state index < -0.39 is 0 Å². The third kappa shape index (κ3) is 3.24. The van der Waals surface area contributed by atoms with E-state index >= 15 is 0 Å². The number of carbonyl (C=O) groups is 1. The number of carbonyl (C=O) groups excluding carboxylic acids is 1. The zero-order valence-corrected chi connectivity index (χ0v) is 11.9. The molecule has 0 radical (unpaired) electrons. The number of thioether (sulfide) groups is 1. The molecule has 0 saturated carbocycles. The molecule has 0 atom stereocenters.